The van der Waals surface area contributed by atoms with Crippen molar-refractivity contribution in [2.45, 2.75) is 32.5 Å². The molecule has 8 nitrogen and oxygen atoms in total. The van der Waals surface area contributed by atoms with Crippen LogP contribution in [0.2, 0.25) is 0 Å². The maximum Gasteiger partial charge on any atom is 0.220 e. The highest BCUT2D eigenvalue weighted by molar-refractivity contribution is 5.75. The topological polar surface area (TPSA) is 79.2 Å². The highest BCUT2D eigenvalue weighted by atomic mass is 16.1. The lowest BCUT2D eigenvalue weighted by Gasteiger charge is -2.32. The van der Waals surface area contributed by atoms with Crippen LogP contribution in [0.5, 0.6) is 0 Å². The Balaban J connectivity index is 1.18. The monoisotopic (exact) mass is 433 g/mol. The van der Waals surface area contributed by atoms with Crippen LogP contribution in [0.15, 0.2) is 54.6 Å². The summed E-state index contributed by atoms with van der Waals surface area (Å²) in [5.41, 5.74) is 3.37. The van der Waals surface area contributed by atoms with Crippen LogP contribution in [0.3, 0.4) is 0 Å². The minimum atomic E-state index is 0.0397. The van der Waals surface area contributed by atoms with Gasteiger partial charge in [0.25, 0.3) is 0 Å². The summed E-state index contributed by atoms with van der Waals surface area (Å²) >= 11 is 0. The van der Waals surface area contributed by atoms with Crippen LogP contribution in [0, 0.1) is 0 Å². The van der Waals surface area contributed by atoms with E-state index < -0.39 is 0 Å². The van der Waals surface area contributed by atoms with Crippen LogP contribution < -0.4 is 5.32 Å². The second-order valence-electron chi connectivity index (χ2n) is 8.35. The normalized spacial score (nSPS) is 15.0. The van der Waals surface area contributed by atoms with Gasteiger partial charge in [0, 0.05) is 51.3 Å². The van der Waals surface area contributed by atoms with E-state index in [9.17, 15) is 4.79 Å². The van der Waals surface area contributed by atoms with Crippen molar-refractivity contribution >= 4 is 5.91 Å². The maximum absolute atomic E-state index is 12.3. The summed E-state index contributed by atoms with van der Waals surface area (Å²) in [7, 11) is 2.17. The van der Waals surface area contributed by atoms with Crippen molar-refractivity contribution in [1.29, 1.82) is 0 Å². The first-order valence-electron chi connectivity index (χ1n) is 11.2. The number of benzene rings is 2. The van der Waals surface area contributed by atoms with Crippen molar-refractivity contribution in [3.05, 3.63) is 65.7 Å². The fourth-order valence-corrected chi connectivity index (χ4v) is 3.81. The van der Waals surface area contributed by atoms with Crippen molar-refractivity contribution in [3.63, 3.8) is 0 Å². The number of nitrogens with one attached hydrogen (secondary N) is 1. The first-order valence-corrected chi connectivity index (χ1v) is 11.2. The minimum absolute atomic E-state index is 0.0397. The molecule has 32 heavy (non-hydrogen) atoms. The molecular weight excluding hydrogens is 402 g/mol. The van der Waals surface area contributed by atoms with Gasteiger partial charge in [0.15, 0.2) is 0 Å². The molecule has 0 radical (unpaired) electrons. The summed E-state index contributed by atoms with van der Waals surface area (Å²) in [6.07, 6.45) is 1.10. The lowest BCUT2D eigenvalue weighted by atomic mass is 10.1. The zero-order valence-electron chi connectivity index (χ0n) is 18.7. The molecule has 1 fully saturated rings. The van der Waals surface area contributed by atoms with Gasteiger partial charge in [0.05, 0.1) is 6.54 Å². The number of hydrogen-bond acceptors (Lipinski definition) is 6. The van der Waals surface area contributed by atoms with Crippen molar-refractivity contribution in [2.75, 3.05) is 33.2 Å². The Labute approximate surface area is 189 Å². The molecular formula is C24H31N7O. The molecule has 1 aliphatic heterocycles. The molecule has 0 atom stereocenters. The molecule has 4 rings (SSSR count). The molecule has 0 saturated carbocycles. The van der Waals surface area contributed by atoms with Crippen LogP contribution in [-0.2, 0) is 24.4 Å². The Kier molecular flexibility index (Phi) is 7.58. The van der Waals surface area contributed by atoms with E-state index in [0.717, 1.165) is 43.9 Å². The molecule has 0 spiro atoms. The van der Waals surface area contributed by atoms with Gasteiger partial charge in [-0.2, -0.15) is 4.80 Å². The molecule has 0 aliphatic carbocycles. The van der Waals surface area contributed by atoms with Gasteiger partial charge in [-0.05, 0) is 29.8 Å². The second kappa shape index (κ2) is 11.0. The van der Waals surface area contributed by atoms with E-state index in [-0.39, 0.29) is 5.91 Å². The van der Waals surface area contributed by atoms with Crippen molar-refractivity contribution in [1.82, 2.24) is 35.3 Å². The summed E-state index contributed by atoms with van der Waals surface area (Å²) in [5, 5.41) is 15.6. The van der Waals surface area contributed by atoms with E-state index in [2.05, 4.69) is 61.8 Å². The number of aryl methyl sites for hydroxylation is 1. The van der Waals surface area contributed by atoms with Crippen molar-refractivity contribution in [3.8, 4) is 11.4 Å². The average molecular weight is 434 g/mol. The molecule has 1 amide bonds. The Morgan fingerprint density at radius 2 is 1.78 bits per heavy atom. The molecule has 8 heteroatoms. The van der Waals surface area contributed by atoms with Gasteiger partial charge in [-0.1, -0.05) is 54.6 Å². The first kappa shape index (κ1) is 22.1. The summed E-state index contributed by atoms with van der Waals surface area (Å²) in [6.45, 7) is 6.52. The lowest BCUT2D eigenvalue weighted by molar-refractivity contribution is -0.121. The van der Waals surface area contributed by atoms with E-state index in [1.54, 1.807) is 4.80 Å². The third-order valence-corrected chi connectivity index (χ3v) is 5.73. The largest absolute Gasteiger partial charge is 0.352 e. The molecule has 2 aromatic carbocycles. The van der Waals surface area contributed by atoms with Gasteiger partial charge < -0.3 is 10.2 Å². The van der Waals surface area contributed by atoms with Crippen LogP contribution >= 0.6 is 0 Å². The molecule has 1 saturated heterocycles. The van der Waals surface area contributed by atoms with Crippen molar-refractivity contribution in [2.24, 2.45) is 0 Å². The van der Waals surface area contributed by atoms with Crippen LogP contribution in [0.4, 0.5) is 0 Å². The standard InChI is InChI=1S/C24H31N7O/c1-29-13-15-30(16-14-29)19-21-8-5-7-20(17-21)18-25-23(32)11-6-12-31-27-24(26-28-31)22-9-3-2-4-10-22/h2-5,7-10,17H,6,11-16,18-19H2,1H3,(H,25,32). The number of amides is 1. The molecule has 1 N–H and O–H groups in total. The fourth-order valence-electron chi connectivity index (χ4n) is 3.81. The Morgan fingerprint density at radius 3 is 2.59 bits per heavy atom. The molecule has 3 aromatic rings. The number of nitrogens with zero attached hydrogens (tertiary/aromatic N) is 6. The van der Waals surface area contributed by atoms with Gasteiger partial charge >= 0.3 is 0 Å². The number of hydrogen-bond donors (Lipinski definition) is 1. The number of aromatic nitrogens is 4. The molecule has 1 aromatic heterocycles. The Morgan fingerprint density at radius 1 is 1.00 bits per heavy atom. The van der Waals surface area contributed by atoms with Gasteiger partial charge in [-0.25, -0.2) is 0 Å². The molecule has 1 aliphatic rings. The Bertz CT molecular complexity index is 996. The summed E-state index contributed by atoms with van der Waals surface area (Å²) in [6, 6.07) is 18.3. The third kappa shape index (κ3) is 6.45. The number of carbonyl (C=O) groups excluding carboxylic acids is 1. The second-order valence-corrected chi connectivity index (χ2v) is 8.35. The van der Waals surface area contributed by atoms with Gasteiger partial charge in [0.2, 0.25) is 11.7 Å². The fraction of sp³-hybridized carbons (Fsp3) is 0.417. The van der Waals surface area contributed by atoms with Crippen LogP contribution in [-0.4, -0.2) is 69.1 Å². The zero-order valence-corrected chi connectivity index (χ0v) is 18.7. The highest BCUT2D eigenvalue weighted by Gasteiger charge is 2.14. The third-order valence-electron chi connectivity index (χ3n) is 5.73. The van der Waals surface area contributed by atoms with Crippen LogP contribution in [0.25, 0.3) is 11.4 Å². The maximum atomic E-state index is 12.3. The zero-order chi connectivity index (χ0) is 22.2. The minimum Gasteiger partial charge on any atom is -0.352 e. The predicted molar refractivity (Wildman–Crippen MR) is 124 cm³/mol. The number of rotatable bonds is 9. The number of likely N-dealkylation sites (N-methyl/N-ethyl adjacent to an activating group) is 1. The van der Waals surface area contributed by atoms with Crippen molar-refractivity contribution < 1.29 is 4.79 Å². The van der Waals surface area contributed by atoms with Gasteiger partial charge in [-0.3, -0.25) is 9.69 Å². The summed E-state index contributed by atoms with van der Waals surface area (Å²) in [4.78, 5) is 18.7. The van der Waals surface area contributed by atoms with E-state index in [1.165, 1.54) is 5.56 Å². The summed E-state index contributed by atoms with van der Waals surface area (Å²) < 4.78 is 0. The van der Waals surface area contributed by atoms with Gasteiger partial charge in [0.1, 0.15) is 0 Å². The predicted octanol–water partition coefficient (Wildman–Crippen LogP) is 2.18. The Hall–Kier alpha value is -3.10. The van der Waals surface area contributed by atoms with E-state index in [0.29, 0.717) is 31.8 Å². The van der Waals surface area contributed by atoms with E-state index >= 15 is 0 Å². The molecule has 2 heterocycles. The molecule has 168 valence electrons. The lowest BCUT2D eigenvalue weighted by Crippen LogP contribution is -2.43. The molecule has 0 unspecified atom stereocenters. The average Bonchev–Trinajstić information content (AvgIpc) is 3.29. The number of piperazine rings is 1. The van der Waals surface area contributed by atoms with E-state index in [1.807, 2.05) is 30.3 Å². The smallest absolute Gasteiger partial charge is 0.220 e. The first-order chi connectivity index (χ1) is 15.7. The number of tetrazole rings is 1. The van der Waals surface area contributed by atoms with Gasteiger partial charge in [-0.15, -0.1) is 10.2 Å². The molecule has 0 bridgehead atoms. The SMILES string of the molecule is CN1CCN(Cc2cccc(CNC(=O)CCCn3nnc(-c4ccccc4)n3)c2)CC1. The highest BCUT2D eigenvalue weighted by Crippen LogP contribution is 2.12. The van der Waals surface area contributed by atoms with E-state index in [4.69, 9.17) is 0 Å². The quantitative estimate of drug-likeness (QED) is 0.557. The summed E-state index contributed by atoms with van der Waals surface area (Å²) in [5.74, 6) is 0.643. The number of carbonyl (C=O) groups is 1. The van der Waals surface area contributed by atoms with Crippen LogP contribution in [0.1, 0.15) is 24.0 Å².